The minimum absolute atomic E-state index is 0.0365. The molecule has 2 aromatic carbocycles. The number of hydrogen-bond donors (Lipinski definition) is 4. The molecule has 0 radical (unpaired) electrons. The van der Waals surface area contributed by atoms with Crippen LogP contribution in [0.4, 0.5) is 5.69 Å². The van der Waals surface area contributed by atoms with E-state index < -0.39 is 11.9 Å². The minimum Gasteiger partial charge on any atom is -0.478 e. The van der Waals surface area contributed by atoms with Gasteiger partial charge in [0.15, 0.2) is 0 Å². The van der Waals surface area contributed by atoms with Crippen molar-refractivity contribution < 1.29 is 19.5 Å². The predicted molar refractivity (Wildman–Crippen MR) is 83.4 cm³/mol. The van der Waals surface area contributed by atoms with Gasteiger partial charge in [0.25, 0.3) is 0 Å². The molecule has 0 saturated carbocycles. The number of carbonyl (C=O) groups is 2. The van der Waals surface area contributed by atoms with Gasteiger partial charge in [-0.3, -0.25) is 0 Å². The van der Waals surface area contributed by atoms with Crippen LogP contribution in [-0.4, -0.2) is 17.0 Å². The average molecular weight is 321 g/mol. The van der Waals surface area contributed by atoms with E-state index in [0.29, 0.717) is 15.5 Å². The highest BCUT2D eigenvalue weighted by Crippen LogP contribution is 2.20. The molecule has 0 spiro atoms. The maximum atomic E-state index is 11.9. The molecule has 0 atom stereocenters. The molecule has 21 heavy (non-hydrogen) atoms. The molecule has 0 aliphatic heterocycles. The highest BCUT2D eigenvalue weighted by atomic mass is 32.1. The summed E-state index contributed by atoms with van der Waals surface area (Å²) >= 11 is 8.35. The third-order valence-corrected chi connectivity index (χ3v) is 3.06. The highest BCUT2D eigenvalue weighted by Gasteiger charge is 2.17. The van der Waals surface area contributed by atoms with Gasteiger partial charge in [-0.05, 0) is 30.3 Å². The van der Waals surface area contributed by atoms with Gasteiger partial charge in [0.2, 0.25) is 0 Å². The van der Waals surface area contributed by atoms with Crippen LogP contribution in [0, 0.1) is 0 Å². The normalized spacial score (nSPS) is 10.0. The number of carboxylic acids is 1. The van der Waals surface area contributed by atoms with Crippen LogP contribution < -0.4 is 5.48 Å². The van der Waals surface area contributed by atoms with Gasteiger partial charge in [0, 0.05) is 9.79 Å². The summed E-state index contributed by atoms with van der Waals surface area (Å²) in [5, 5.41) is 9.02. The predicted octanol–water partition coefficient (Wildman–Crippen LogP) is 3.15. The lowest BCUT2D eigenvalue weighted by Crippen LogP contribution is -2.14. The van der Waals surface area contributed by atoms with Crippen LogP contribution in [0.15, 0.2) is 52.3 Å². The first kappa shape index (κ1) is 15.3. The van der Waals surface area contributed by atoms with E-state index in [1.165, 1.54) is 18.2 Å². The van der Waals surface area contributed by atoms with Gasteiger partial charge in [-0.1, -0.05) is 12.1 Å². The Labute approximate surface area is 131 Å². The van der Waals surface area contributed by atoms with E-state index in [2.05, 4.69) is 30.7 Å². The zero-order chi connectivity index (χ0) is 15.4. The molecule has 5 nitrogen and oxygen atoms in total. The number of anilines is 1. The van der Waals surface area contributed by atoms with Gasteiger partial charge in [0.1, 0.15) is 0 Å². The number of aromatic carboxylic acids is 1. The molecule has 108 valence electrons. The van der Waals surface area contributed by atoms with E-state index in [4.69, 9.17) is 9.94 Å². The van der Waals surface area contributed by atoms with Crippen molar-refractivity contribution in [3.05, 3.63) is 53.6 Å². The quantitative estimate of drug-likeness (QED) is 0.514. The molecule has 0 aliphatic carbocycles. The lowest BCUT2D eigenvalue weighted by molar-refractivity contribution is 0.0578. The highest BCUT2D eigenvalue weighted by molar-refractivity contribution is 7.81. The van der Waals surface area contributed by atoms with E-state index >= 15 is 0 Å². The summed E-state index contributed by atoms with van der Waals surface area (Å²) in [5.74, 6) is -1.99. The van der Waals surface area contributed by atoms with E-state index in [0.717, 1.165) is 0 Å². The SMILES string of the molecule is O=C(O)c1ccccc1C(=O)ONc1cc(S)cc(S)c1. The third-order valence-electron chi connectivity index (χ3n) is 2.54. The summed E-state index contributed by atoms with van der Waals surface area (Å²) in [4.78, 5) is 29.2. The van der Waals surface area contributed by atoms with Crippen molar-refractivity contribution in [2.45, 2.75) is 9.79 Å². The fourth-order valence-corrected chi connectivity index (χ4v) is 2.32. The van der Waals surface area contributed by atoms with E-state index in [1.807, 2.05) is 0 Å². The van der Waals surface area contributed by atoms with Crippen LogP contribution in [0.5, 0.6) is 0 Å². The van der Waals surface area contributed by atoms with E-state index in [1.54, 1.807) is 24.3 Å². The number of hydrogen-bond acceptors (Lipinski definition) is 6. The lowest BCUT2D eigenvalue weighted by atomic mass is 10.1. The fourth-order valence-electron chi connectivity index (χ4n) is 1.66. The Morgan fingerprint density at radius 1 is 1.00 bits per heavy atom. The maximum absolute atomic E-state index is 11.9. The molecule has 0 fully saturated rings. The number of carboxylic acid groups (broad SMARTS) is 1. The summed E-state index contributed by atoms with van der Waals surface area (Å²) < 4.78 is 0. The number of carbonyl (C=O) groups excluding carboxylic acids is 1. The van der Waals surface area contributed by atoms with Crippen LogP contribution >= 0.6 is 25.3 Å². The topological polar surface area (TPSA) is 75.6 Å². The van der Waals surface area contributed by atoms with Crippen LogP contribution in [0.3, 0.4) is 0 Å². The summed E-state index contributed by atoms with van der Waals surface area (Å²) in [6.45, 7) is 0. The van der Waals surface area contributed by atoms with Crippen molar-refractivity contribution in [1.82, 2.24) is 0 Å². The van der Waals surface area contributed by atoms with Crippen molar-refractivity contribution in [2.75, 3.05) is 5.48 Å². The first-order valence-electron chi connectivity index (χ1n) is 5.80. The molecular weight excluding hydrogens is 310 g/mol. The van der Waals surface area contributed by atoms with Gasteiger partial charge in [-0.15, -0.1) is 25.3 Å². The number of rotatable bonds is 4. The summed E-state index contributed by atoms with van der Waals surface area (Å²) in [6.07, 6.45) is 0. The number of nitrogens with one attached hydrogen (secondary N) is 1. The van der Waals surface area contributed by atoms with Crippen molar-refractivity contribution in [1.29, 1.82) is 0 Å². The Morgan fingerprint density at radius 3 is 2.14 bits per heavy atom. The lowest BCUT2D eigenvalue weighted by Gasteiger charge is -2.09. The molecule has 0 amide bonds. The Bertz CT molecular complexity index is 683. The van der Waals surface area contributed by atoms with Gasteiger partial charge in [-0.2, -0.15) is 0 Å². The van der Waals surface area contributed by atoms with Gasteiger partial charge in [0.05, 0.1) is 16.8 Å². The second-order valence-electron chi connectivity index (χ2n) is 4.08. The van der Waals surface area contributed by atoms with Crippen molar-refractivity contribution >= 4 is 42.9 Å². The molecule has 0 unspecified atom stereocenters. The average Bonchev–Trinajstić information content (AvgIpc) is 2.43. The van der Waals surface area contributed by atoms with Crippen LogP contribution in [0.25, 0.3) is 0 Å². The molecule has 2 N–H and O–H groups in total. The molecule has 2 rings (SSSR count). The zero-order valence-corrected chi connectivity index (χ0v) is 12.4. The van der Waals surface area contributed by atoms with E-state index in [9.17, 15) is 9.59 Å². The van der Waals surface area contributed by atoms with Crippen molar-refractivity contribution in [3.8, 4) is 0 Å². The number of thiol groups is 2. The molecule has 2 aromatic rings. The zero-order valence-electron chi connectivity index (χ0n) is 10.6. The van der Waals surface area contributed by atoms with Gasteiger partial charge < -0.3 is 9.94 Å². The maximum Gasteiger partial charge on any atom is 0.363 e. The monoisotopic (exact) mass is 321 g/mol. The van der Waals surface area contributed by atoms with Crippen LogP contribution in [-0.2, 0) is 4.84 Å². The summed E-state index contributed by atoms with van der Waals surface area (Å²) in [7, 11) is 0. The first-order chi connectivity index (χ1) is 9.97. The third kappa shape index (κ3) is 3.93. The number of benzene rings is 2. The Kier molecular flexibility index (Phi) is 4.77. The second-order valence-corrected chi connectivity index (χ2v) is 5.11. The van der Waals surface area contributed by atoms with Crippen molar-refractivity contribution in [2.24, 2.45) is 0 Å². The standard InChI is InChI=1S/C14H11NO4S2/c16-13(17)11-3-1-2-4-12(11)14(18)19-15-8-5-9(20)7-10(21)6-8/h1-7,15,20-21H,(H,16,17). The van der Waals surface area contributed by atoms with Gasteiger partial charge >= 0.3 is 11.9 Å². The summed E-state index contributed by atoms with van der Waals surface area (Å²) in [5.41, 5.74) is 2.77. The molecule has 0 heterocycles. The molecular formula is C14H11NO4S2. The van der Waals surface area contributed by atoms with E-state index in [-0.39, 0.29) is 11.1 Å². The Hall–Kier alpha value is -2.12. The molecule has 0 aromatic heterocycles. The fraction of sp³-hybridized carbons (Fsp3) is 0. The Morgan fingerprint density at radius 2 is 1.57 bits per heavy atom. The van der Waals surface area contributed by atoms with Crippen molar-refractivity contribution in [3.63, 3.8) is 0 Å². The van der Waals surface area contributed by atoms with Gasteiger partial charge in [-0.25, -0.2) is 15.1 Å². The Balaban J connectivity index is 2.14. The van der Waals surface area contributed by atoms with Crippen LogP contribution in [0.1, 0.15) is 20.7 Å². The second kappa shape index (κ2) is 6.55. The molecule has 7 heteroatoms. The molecule has 0 aliphatic rings. The minimum atomic E-state index is -1.20. The first-order valence-corrected chi connectivity index (χ1v) is 6.69. The smallest absolute Gasteiger partial charge is 0.363 e. The largest absolute Gasteiger partial charge is 0.478 e. The molecule has 0 saturated heterocycles. The summed E-state index contributed by atoms with van der Waals surface area (Å²) in [6, 6.07) is 10.8. The molecule has 0 bridgehead atoms. The van der Waals surface area contributed by atoms with Crippen LogP contribution in [0.2, 0.25) is 0 Å².